The molecule has 3 nitrogen and oxygen atoms in total. The highest BCUT2D eigenvalue weighted by molar-refractivity contribution is 8.13. The van der Waals surface area contributed by atoms with E-state index in [1.165, 1.54) is 0 Å². The molecule has 0 aliphatic heterocycles. The second kappa shape index (κ2) is 4.15. The lowest BCUT2D eigenvalue weighted by Crippen LogP contribution is -2.04. The van der Waals surface area contributed by atoms with Gasteiger partial charge in [0.2, 0.25) is 0 Å². The van der Waals surface area contributed by atoms with Crippen molar-refractivity contribution in [2.45, 2.75) is 11.3 Å². The van der Waals surface area contributed by atoms with E-state index in [0.29, 0.717) is 6.20 Å². The molecule has 84 valence electrons. The molecule has 0 N–H and O–H groups in total. The molecule has 15 heavy (non-hydrogen) atoms. The predicted octanol–water partition coefficient (Wildman–Crippen LogP) is 2.74. The number of nitrogens with zero attached hydrogens (tertiary/aromatic N) is 1. The first-order valence-corrected chi connectivity index (χ1v) is 6.00. The van der Waals surface area contributed by atoms with Gasteiger partial charge in [-0.2, -0.15) is 0 Å². The minimum atomic E-state index is -4.49. The Kier molecular flexibility index (Phi) is 3.47. The molecule has 0 spiro atoms. The number of pyridine rings is 1. The second-order valence-corrected chi connectivity index (χ2v) is 5.27. The van der Waals surface area contributed by atoms with Gasteiger partial charge >= 0.3 is 0 Å². The number of halogens is 5. The highest BCUT2D eigenvalue weighted by Gasteiger charge is 2.28. The summed E-state index contributed by atoms with van der Waals surface area (Å²) >= 11 is 5.12. The van der Waals surface area contributed by atoms with Crippen LogP contribution in [-0.4, -0.2) is 13.4 Å². The van der Waals surface area contributed by atoms with Crippen LogP contribution in [-0.2, 0) is 9.05 Å². The molecule has 1 aromatic heterocycles. The van der Waals surface area contributed by atoms with Crippen LogP contribution in [0.2, 0.25) is 5.15 Å². The van der Waals surface area contributed by atoms with Gasteiger partial charge in [0.25, 0.3) is 15.5 Å². The third kappa shape index (κ3) is 2.53. The Bertz CT molecular complexity index is 491. The lowest BCUT2D eigenvalue weighted by Gasteiger charge is -2.07. The van der Waals surface area contributed by atoms with Gasteiger partial charge in [0, 0.05) is 16.9 Å². The van der Waals surface area contributed by atoms with Crippen molar-refractivity contribution in [3.8, 4) is 0 Å². The summed E-state index contributed by atoms with van der Waals surface area (Å²) in [7, 11) is 0.335. The average Bonchev–Trinajstić information content (AvgIpc) is 2.06. The number of aromatic nitrogens is 1. The highest BCUT2D eigenvalue weighted by Crippen LogP contribution is 2.32. The van der Waals surface area contributed by atoms with Gasteiger partial charge in [-0.1, -0.05) is 11.6 Å². The van der Waals surface area contributed by atoms with Crippen LogP contribution in [0.1, 0.15) is 12.0 Å². The zero-order valence-corrected chi connectivity index (χ0v) is 9.04. The predicted molar refractivity (Wildman–Crippen MR) is 47.2 cm³/mol. The minimum absolute atomic E-state index is 0.481. The molecule has 0 saturated carbocycles. The summed E-state index contributed by atoms with van der Waals surface area (Å²) in [5.74, 6) is -1.59. The van der Waals surface area contributed by atoms with E-state index in [4.69, 9.17) is 22.3 Å². The Hall–Kier alpha value is -0.530. The van der Waals surface area contributed by atoms with Crippen molar-refractivity contribution >= 4 is 31.3 Å². The summed E-state index contributed by atoms with van der Waals surface area (Å²) in [4.78, 5) is 2.00. The first-order valence-electron chi connectivity index (χ1n) is 3.32. The summed E-state index contributed by atoms with van der Waals surface area (Å²) in [5, 5.41) is -0.839. The average molecular weight is 280 g/mol. The van der Waals surface area contributed by atoms with Crippen LogP contribution in [0.3, 0.4) is 0 Å². The number of hydrogen-bond acceptors (Lipinski definition) is 3. The molecule has 0 radical (unpaired) electrons. The van der Waals surface area contributed by atoms with Gasteiger partial charge < -0.3 is 0 Å². The van der Waals surface area contributed by atoms with Crippen LogP contribution < -0.4 is 0 Å². The molecule has 0 aromatic carbocycles. The number of hydrogen-bond donors (Lipinski definition) is 0. The van der Waals surface area contributed by atoms with Crippen LogP contribution in [0, 0.1) is 5.82 Å². The Balaban J connectivity index is 3.62. The van der Waals surface area contributed by atoms with Crippen LogP contribution in [0.25, 0.3) is 0 Å². The smallest absolute Gasteiger partial charge is 0.240 e. The third-order valence-corrected chi connectivity index (χ3v) is 3.07. The lowest BCUT2D eigenvalue weighted by atomic mass is 10.2. The molecule has 0 atom stereocenters. The van der Waals surface area contributed by atoms with Gasteiger partial charge in [-0.25, -0.2) is 26.6 Å². The fraction of sp³-hybridized carbons (Fsp3) is 0.167. The molecule has 0 saturated heterocycles. The van der Waals surface area contributed by atoms with Gasteiger partial charge in [0.05, 0.1) is 5.56 Å². The highest BCUT2D eigenvalue weighted by atomic mass is 35.7. The maximum atomic E-state index is 13.0. The Morgan fingerprint density at radius 2 is 1.93 bits per heavy atom. The molecule has 0 unspecified atom stereocenters. The summed E-state index contributed by atoms with van der Waals surface area (Å²) in [5.41, 5.74) is -1.37. The molecule has 0 aliphatic rings. The van der Waals surface area contributed by atoms with Gasteiger partial charge in [0.1, 0.15) is 4.90 Å². The Labute approximate surface area is 92.2 Å². The van der Waals surface area contributed by atoms with Crippen molar-refractivity contribution < 1.29 is 21.6 Å². The Morgan fingerprint density at radius 3 is 2.33 bits per heavy atom. The molecular formula is C6H2Cl2F3NO2S. The van der Waals surface area contributed by atoms with Crippen molar-refractivity contribution in [2.24, 2.45) is 0 Å². The molecule has 0 bridgehead atoms. The fourth-order valence-corrected chi connectivity index (χ4v) is 2.00. The van der Waals surface area contributed by atoms with E-state index in [1.54, 1.807) is 0 Å². The first kappa shape index (κ1) is 12.5. The van der Waals surface area contributed by atoms with Crippen molar-refractivity contribution in [3.05, 3.63) is 22.7 Å². The maximum Gasteiger partial charge on any atom is 0.268 e. The van der Waals surface area contributed by atoms with E-state index in [9.17, 15) is 21.6 Å². The largest absolute Gasteiger partial charge is 0.268 e. The fourth-order valence-electron chi connectivity index (χ4n) is 0.858. The van der Waals surface area contributed by atoms with E-state index < -0.39 is 36.9 Å². The van der Waals surface area contributed by atoms with Crippen molar-refractivity contribution in [1.82, 2.24) is 4.98 Å². The third-order valence-electron chi connectivity index (χ3n) is 1.46. The number of rotatable bonds is 2. The molecule has 1 rings (SSSR count). The number of alkyl halides is 2. The standard InChI is InChI=1S/C6H2Cl2F3NO2S/c7-5-4(9)3(6(10)11)2(1-12-5)15(8,13)14/h1,6H. The van der Waals surface area contributed by atoms with Crippen LogP contribution in [0.4, 0.5) is 13.2 Å². The van der Waals surface area contributed by atoms with Gasteiger partial charge in [-0.3, -0.25) is 0 Å². The maximum absolute atomic E-state index is 13.0. The minimum Gasteiger partial charge on any atom is -0.240 e. The molecular weight excluding hydrogens is 278 g/mol. The van der Waals surface area contributed by atoms with E-state index in [2.05, 4.69) is 4.98 Å². The SMILES string of the molecule is O=S(=O)(Cl)c1cnc(Cl)c(F)c1C(F)F. The normalized spacial score (nSPS) is 12.1. The van der Waals surface area contributed by atoms with E-state index >= 15 is 0 Å². The zero-order chi connectivity index (χ0) is 11.8. The zero-order valence-electron chi connectivity index (χ0n) is 6.72. The van der Waals surface area contributed by atoms with Gasteiger partial charge in [0.15, 0.2) is 11.0 Å². The quantitative estimate of drug-likeness (QED) is 0.618. The van der Waals surface area contributed by atoms with Crippen molar-refractivity contribution in [2.75, 3.05) is 0 Å². The van der Waals surface area contributed by atoms with E-state index in [-0.39, 0.29) is 0 Å². The molecule has 0 amide bonds. The topological polar surface area (TPSA) is 47.0 Å². The molecule has 1 aromatic rings. The van der Waals surface area contributed by atoms with Crippen LogP contribution in [0.15, 0.2) is 11.1 Å². The van der Waals surface area contributed by atoms with Crippen LogP contribution >= 0.6 is 22.3 Å². The van der Waals surface area contributed by atoms with Crippen molar-refractivity contribution in [1.29, 1.82) is 0 Å². The van der Waals surface area contributed by atoms with Crippen molar-refractivity contribution in [3.63, 3.8) is 0 Å². The summed E-state index contributed by atoms with van der Waals surface area (Å²) in [6.45, 7) is 0. The second-order valence-electron chi connectivity index (χ2n) is 2.38. The monoisotopic (exact) mass is 279 g/mol. The lowest BCUT2D eigenvalue weighted by molar-refractivity contribution is 0.142. The van der Waals surface area contributed by atoms with Gasteiger partial charge in [-0.15, -0.1) is 0 Å². The van der Waals surface area contributed by atoms with E-state index in [1.807, 2.05) is 0 Å². The Morgan fingerprint density at radius 1 is 1.40 bits per heavy atom. The first-order chi connectivity index (χ1) is 6.75. The van der Waals surface area contributed by atoms with Crippen LogP contribution in [0.5, 0.6) is 0 Å². The summed E-state index contributed by atoms with van der Waals surface area (Å²) in [6.07, 6.45) is -2.87. The van der Waals surface area contributed by atoms with Gasteiger partial charge in [-0.05, 0) is 0 Å². The molecule has 1 heterocycles. The molecule has 0 aliphatic carbocycles. The summed E-state index contributed by atoms with van der Waals surface area (Å²) in [6, 6.07) is 0. The molecule has 9 heteroatoms. The van der Waals surface area contributed by atoms with E-state index in [0.717, 1.165) is 0 Å². The molecule has 0 fully saturated rings. The summed E-state index contributed by atoms with van der Waals surface area (Å²) < 4.78 is 59.4.